The van der Waals surface area contributed by atoms with Crippen LogP contribution < -0.4 is 5.73 Å². The number of aromatic nitrogens is 3. The Morgan fingerprint density at radius 3 is 2.76 bits per heavy atom. The van der Waals surface area contributed by atoms with Gasteiger partial charge in [0.2, 0.25) is 0 Å². The number of carbonyl (C=O) groups is 1. The standard InChI is InChI=1S/C23H19FN4O/c1-13-5-2-3-8-17(13)14-9-18-20(19(29)10-14)21(25)22-23(27-18)28(12-26-22)16-7-4-6-15(24)11-16/h2-8,11-12,14H,9-10H2,1H3,(H2,25,27). The van der Waals surface area contributed by atoms with Crippen molar-refractivity contribution in [2.75, 3.05) is 5.73 Å². The lowest BCUT2D eigenvalue weighted by Gasteiger charge is -2.25. The molecule has 2 heterocycles. The van der Waals surface area contributed by atoms with Gasteiger partial charge in [-0.2, -0.15) is 0 Å². The van der Waals surface area contributed by atoms with E-state index in [0.29, 0.717) is 46.6 Å². The molecular weight excluding hydrogens is 367 g/mol. The van der Waals surface area contributed by atoms with E-state index in [0.717, 1.165) is 11.1 Å². The summed E-state index contributed by atoms with van der Waals surface area (Å²) in [5.41, 5.74) is 11.8. The van der Waals surface area contributed by atoms with Gasteiger partial charge in [-0.05, 0) is 48.6 Å². The molecule has 2 N–H and O–H groups in total. The molecule has 1 atom stereocenters. The maximum atomic E-state index is 13.7. The first-order chi connectivity index (χ1) is 14.0. The molecule has 0 fully saturated rings. The second-order valence-electron chi connectivity index (χ2n) is 7.50. The van der Waals surface area contributed by atoms with Crippen LogP contribution in [0.5, 0.6) is 0 Å². The number of hydrogen-bond acceptors (Lipinski definition) is 4. The Bertz CT molecular complexity index is 1280. The number of nitrogens with two attached hydrogens (primary N) is 1. The Kier molecular flexibility index (Phi) is 3.94. The number of nitrogens with zero attached hydrogens (tertiary/aromatic N) is 3. The van der Waals surface area contributed by atoms with Crippen LogP contribution in [0.3, 0.4) is 0 Å². The molecule has 1 unspecified atom stereocenters. The molecule has 1 aliphatic rings. The number of imidazole rings is 1. The summed E-state index contributed by atoms with van der Waals surface area (Å²) >= 11 is 0. The number of fused-ring (bicyclic) bond motifs is 2. The lowest BCUT2D eigenvalue weighted by molar-refractivity contribution is 0.0964. The minimum absolute atomic E-state index is 0.00768. The van der Waals surface area contributed by atoms with Crippen molar-refractivity contribution in [3.63, 3.8) is 0 Å². The van der Waals surface area contributed by atoms with Gasteiger partial charge >= 0.3 is 0 Å². The van der Waals surface area contributed by atoms with E-state index in [1.165, 1.54) is 12.1 Å². The minimum Gasteiger partial charge on any atom is -0.396 e. The van der Waals surface area contributed by atoms with Gasteiger partial charge in [-0.15, -0.1) is 0 Å². The number of ketones is 1. The Hall–Kier alpha value is -3.54. The third kappa shape index (κ3) is 2.79. The first-order valence-corrected chi connectivity index (χ1v) is 9.53. The molecule has 0 saturated heterocycles. The molecule has 0 saturated carbocycles. The number of anilines is 1. The predicted molar refractivity (Wildman–Crippen MR) is 110 cm³/mol. The summed E-state index contributed by atoms with van der Waals surface area (Å²) in [4.78, 5) is 22.1. The molecular formula is C23H19FN4O. The molecule has 5 rings (SSSR count). The first kappa shape index (κ1) is 17.6. The second kappa shape index (κ2) is 6.51. The van der Waals surface area contributed by atoms with Gasteiger partial charge in [-0.1, -0.05) is 30.3 Å². The molecule has 0 aliphatic heterocycles. The summed E-state index contributed by atoms with van der Waals surface area (Å²) in [6.07, 6.45) is 2.60. The normalized spacial score (nSPS) is 16.2. The van der Waals surface area contributed by atoms with E-state index < -0.39 is 0 Å². The van der Waals surface area contributed by atoms with Crippen LogP contribution in [0.2, 0.25) is 0 Å². The summed E-state index contributed by atoms with van der Waals surface area (Å²) in [5.74, 6) is -0.289. The van der Waals surface area contributed by atoms with Crippen LogP contribution in [0, 0.1) is 12.7 Å². The van der Waals surface area contributed by atoms with E-state index in [2.05, 4.69) is 24.0 Å². The van der Waals surface area contributed by atoms with Gasteiger partial charge in [0, 0.05) is 6.42 Å². The van der Waals surface area contributed by atoms with Crippen LogP contribution in [-0.2, 0) is 6.42 Å². The molecule has 0 bridgehead atoms. The molecule has 4 aromatic rings. The van der Waals surface area contributed by atoms with Gasteiger partial charge in [0.1, 0.15) is 17.7 Å². The fourth-order valence-corrected chi connectivity index (χ4v) is 4.27. The van der Waals surface area contributed by atoms with Gasteiger partial charge in [-0.3, -0.25) is 9.36 Å². The maximum Gasteiger partial charge on any atom is 0.167 e. The van der Waals surface area contributed by atoms with Crippen LogP contribution >= 0.6 is 0 Å². The maximum absolute atomic E-state index is 13.7. The number of aryl methyl sites for hydroxylation is 1. The number of nitrogen functional groups attached to an aromatic ring is 1. The summed E-state index contributed by atoms with van der Waals surface area (Å²) < 4.78 is 15.4. The number of benzene rings is 2. The number of pyridine rings is 1. The lowest BCUT2D eigenvalue weighted by atomic mass is 9.79. The highest BCUT2D eigenvalue weighted by Gasteiger charge is 2.31. The highest BCUT2D eigenvalue weighted by molar-refractivity contribution is 6.08. The van der Waals surface area contributed by atoms with Gasteiger partial charge in [0.15, 0.2) is 11.4 Å². The van der Waals surface area contributed by atoms with Gasteiger partial charge in [0.25, 0.3) is 0 Å². The first-order valence-electron chi connectivity index (χ1n) is 9.53. The average Bonchev–Trinajstić information content (AvgIpc) is 3.12. The van der Waals surface area contributed by atoms with Crippen LogP contribution in [0.1, 0.15) is 39.5 Å². The quantitative estimate of drug-likeness (QED) is 0.555. The summed E-state index contributed by atoms with van der Waals surface area (Å²) in [6.45, 7) is 2.05. The molecule has 0 spiro atoms. The van der Waals surface area contributed by atoms with Crippen molar-refractivity contribution in [3.05, 3.63) is 83.1 Å². The highest BCUT2D eigenvalue weighted by Crippen LogP contribution is 2.38. The molecule has 1 aliphatic carbocycles. The third-order valence-electron chi connectivity index (χ3n) is 5.66. The largest absolute Gasteiger partial charge is 0.396 e. The lowest BCUT2D eigenvalue weighted by Crippen LogP contribution is -2.22. The number of Topliss-reactive ketones (excluding diaryl/α,β-unsaturated/α-hetero) is 1. The van der Waals surface area contributed by atoms with Crippen molar-refractivity contribution in [2.24, 2.45) is 0 Å². The van der Waals surface area contributed by atoms with Crippen LogP contribution in [0.4, 0.5) is 10.1 Å². The zero-order valence-corrected chi connectivity index (χ0v) is 15.9. The Morgan fingerprint density at radius 1 is 1.14 bits per heavy atom. The SMILES string of the molecule is Cc1ccccc1C1CC(=O)c2c(nc3c(ncn3-c3cccc(F)c3)c2N)C1. The van der Waals surface area contributed by atoms with Crippen molar-refractivity contribution < 1.29 is 9.18 Å². The number of halogens is 1. The van der Waals surface area contributed by atoms with Crippen molar-refractivity contribution in [1.29, 1.82) is 0 Å². The highest BCUT2D eigenvalue weighted by atomic mass is 19.1. The monoisotopic (exact) mass is 386 g/mol. The predicted octanol–water partition coefficient (Wildman–Crippen LogP) is 4.36. The molecule has 0 amide bonds. The topological polar surface area (TPSA) is 73.8 Å². The van der Waals surface area contributed by atoms with E-state index in [9.17, 15) is 9.18 Å². The molecule has 6 heteroatoms. The van der Waals surface area contributed by atoms with Crippen LogP contribution in [0.15, 0.2) is 54.9 Å². The Morgan fingerprint density at radius 2 is 1.97 bits per heavy atom. The number of hydrogen-bond donors (Lipinski definition) is 1. The summed E-state index contributed by atoms with van der Waals surface area (Å²) in [6, 6.07) is 14.3. The van der Waals surface area contributed by atoms with Crippen molar-refractivity contribution >= 4 is 22.6 Å². The molecule has 2 aromatic carbocycles. The van der Waals surface area contributed by atoms with E-state index in [1.54, 1.807) is 23.0 Å². The summed E-state index contributed by atoms with van der Waals surface area (Å²) in [7, 11) is 0. The number of rotatable bonds is 2. The molecule has 2 aromatic heterocycles. The van der Waals surface area contributed by atoms with Crippen molar-refractivity contribution in [1.82, 2.24) is 14.5 Å². The molecule has 144 valence electrons. The summed E-state index contributed by atoms with van der Waals surface area (Å²) in [5, 5.41) is 0. The minimum atomic E-state index is -0.343. The second-order valence-corrected chi connectivity index (χ2v) is 7.50. The zero-order chi connectivity index (χ0) is 20.1. The Labute approximate surface area is 167 Å². The number of carbonyl (C=O) groups excluding carboxylic acids is 1. The van der Waals surface area contributed by atoms with Crippen LogP contribution in [0.25, 0.3) is 16.9 Å². The van der Waals surface area contributed by atoms with Gasteiger partial charge in [0.05, 0.1) is 22.6 Å². The van der Waals surface area contributed by atoms with Gasteiger partial charge < -0.3 is 5.73 Å². The van der Waals surface area contributed by atoms with Crippen LogP contribution in [-0.4, -0.2) is 20.3 Å². The van der Waals surface area contributed by atoms with E-state index >= 15 is 0 Å². The average molecular weight is 386 g/mol. The smallest absolute Gasteiger partial charge is 0.167 e. The van der Waals surface area contributed by atoms with E-state index in [-0.39, 0.29) is 17.5 Å². The molecule has 0 radical (unpaired) electrons. The van der Waals surface area contributed by atoms with E-state index in [1.807, 2.05) is 12.1 Å². The Balaban J connectivity index is 1.67. The third-order valence-corrected chi connectivity index (χ3v) is 5.66. The van der Waals surface area contributed by atoms with E-state index in [4.69, 9.17) is 10.7 Å². The van der Waals surface area contributed by atoms with Gasteiger partial charge in [-0.25, -0.2) is 14.4 Å². The zero-order valence-electron chi connectivity index (χ0n) is 15.9. The molecule has 5 nitrogen and oxygen atoms in total. The molecule has 29 heavy (non-hydrogen) atoms. The fraction of sp³-hybridized carbons (Fsp3) is 0.174. The van der Waals surface area contributed by atoms with Crippen molar-refractivity contribution in [3.8, 4) is 5.69 Å². The fourth-order valence-electron chi connectivity index (χ4n) is 4.27. The van der Waals surface area contributed by atoms with Crippen molar-refractivity contribution in [2.45, 2.75) is 25.7 Å².